The summed E-state index contributed by atoms with van der Waals surface area (Å²) >= 11 is 5.83. The molecule has 3 N–H and O–H groups in total. The smallest absolute Gasteiger partial charge is 0.241 e. The Balaban J connectivity index is 1.99. The molecule has 2 aromatic rings. The van der Waals surface area contributed by atoms with Gasteiger partial charge in [-0.3, -0.25) is 4.79 Å². The predicted octanol–water partition coefficient (Wildman–Crippen LogP) is 1.64. The Morgan fingerprint density at radius 2 is 2.11 bits per heavy atom. The van der Waals surface area contributed by atoms with Crippen molar-refractivity contribution in [3.05, 3.63) is 53.6 Å². The predicted molar refractivity (Wildman–Crippen MR) is 73.8 cm³/mol. The van der Waals surface area contributed by atoms with Crippen LogP contribution < -0.4 is 11.1 Å². The third kappa shape index (κ3) is 3.74. The van der Waals surface area contributed by atoms with Gasteiger partial charge in [0.1, 0.15) is 6.33 Å². The van der Waals surface area contributed by atoms with Gasteiger partial charge < -0.3 is 11.1 Å². The van der Waals surface area contributed by atoms with E-state index in [9.17, 15) is 4.79 Å². The first-order valence-electron chi connectivity index (χ1n) is 5.72. The van der Waals surface area contributed by atoms with Gasteiger partial charge in [-0.1, -0.05) is 41.9 Å². The molecule has 0 bridgehead atoms. The lowest BCUT2D eigenvalue weighted by molar-refractivity contribution is -0.117. The SMILES string of the molecule is NC(Cc1ccccc1)C(=O)Nc1cncnc1Cl. The van der Waals surface area contributed by atoms with Crippen LogP contribution in [0, 0.1) is 0 Å². The second kappa shape index (κ2) is 6.26. The maximum Gasteiger partial charge on any atom is 0.241 e. The van der Waals surface area contributed by atoms with E-state index in [2.05, 4.69) is 15.3 Å². The molecule has 0 saturated heterocycles. The molecule has 0 fully saturated rings. The number of rotatable bonds is 4. The van der Waals surface area contributed by atoms with Gasteiger partial charge in [-0.25, -0.2) is 9.97 Å². The topological polar surface area (TPSA) is 80.9 Å². The van der Waals surface area contributed by atoms with Crippen molar-refractivity contribution in [2.75, 3.05) is 5.32 Å². The number of carbonyl (C=O) groups excluding carboxylic acids is 1. The molecule has 19 heavy (non-hydrogen) atoms. The van der Waals surface area contributed by atoms with E-state index >= 15 is 0 Å². The molecule has 1 amide bonds. The summed E-state index contributed by atoms with van der Waals surface area (Å²) in [6.07, 6.45) is 3.20. The highest BCUT2D eigenvalue weighted by atomic mass is 35.5. The molecule has 0 aliphatic heterocycles. The second-order valence-electron chi connectivity index (χ2n) is 4.01. The lowest BCUT2D eigenvalue weighted by Crippen LogP contribution is -2.37. The van der Waals surface area contributed by atoms with Gasteiger partial charge in [-0.2, -0.15) is 0 Å². The monoisotopic (exact) mass is 276 g/mol. The van der Waals surface area contributed by atoms with Crippen LogP contribution in [-0.4, -0.2) is 21.9 Å². The summed E-state index contributed by atoms with van der Waals surface area (Å²) in [6, 6.07) is 8.91. The summed E-state index contributed by atoms with van der Waals surface area (Å²) < 4.78 is 0. The minimum absolute atomic E-state index is 0.190. The molecule has 1 heterocycles. The van der Waals surface area contributed by atoms with E-state index in [-0.39, 0.29) is 11.1 Å². The van der Waals surface area contributed by atoms with E-state index in [1.54, 1.807) is 0 Å². The average Bonchev–Trinajstić information content (AvgIpc) is 2.42. The molecule has 6 heteroatoms. The van der Waals surface area contributed by atoms with Crippen LogP contribution in [0.2, 0.25) is 5.15 Å². The Hall–Kier alpha value is -1.98. The molecular weight excluding hydrogens is 264 g/mol. The van der Waals surface area contributed by atoms with Crippen molar-refractivity contribution in [2.24, 2.45) is 5.73 Å². The molecule has 0 radical (unpaired) electrons. The summed E-state index contributed by atoms with van der Waals surface area (Å²) in [5, 5.41) is 2.80. The van der Waals surface area contributed by atoms with Gasteiger partial charge in [-0.05, 0) is 12.0 Å². The normalized spacial score (nSPS) is 11.9. The van der Waals surface area contributed by atoms with Crippen molar-refractivity contribution < 1.29 is 4.79 Å². The Morgan fingerprint density at radius 1 is 1.37 bits per heavy atom. The number of amides is 1. The molecule has 0 aliphatic rings. The molecule has 98 valence electrons. The first-order chi connectivity index (χ1) is 9.16. The lowest BCUT2D eigenvalue weighted by Gasteiger charge is -2.12. The Labute approximate surface area is 115 Å². The number of nitrogens with zero attached hydrogens (tertiary/aromatic N) is 2. The number of nitrogens with one attached hydrogen (secondary N) is 1. The fourth-order valence-electron chi connectivity index (χ4n) is 1.58. The molecule has 1 atom stereocenters. The molecule has 5 nitrogen and oxygen atoms in total. The summed E-state index contributed by atoms with van der Waals surface area (Å²) in [5.41, 5.74) is 7.21. The number of anilines is 1. The van der Waals surface area contributed by atoms with Gasteiger partial charge in [0.15, 0.2) is 5.15 Å². The summed E-state index contributed by atoms with van der Waals surface area (Å²) in [5.74, 6) is -0.319. The fraction of sp³-hybridized carbons (Fsp3) is 0.154. The first kappa shape index (κ1) is 13.5. The minimum atomic E-state index is -0.654. The van der Waals surface area contributed by atoms with E-state index in [1.165, 1.54) is 12.5 Å². The molecule has 0 spiro atoms. The summed E-state index contributed by atoms with van der Waals surface area (Å²) in [7, 11) is 0. The summed E-state index contributed by atoms with van der Waals surface area (Å²) in [6.45, 7) is 0. The molecule has 0 saturated carbocycles. The van der Waals surface area contributed by atoms with Crippen LogP contribution in [0.4, 0.5) is 5.69 Å². The number of hydrogen-bond donors (Lipinski definition) is 2. The maximum absolute atomic E-state index is 11.9. The molecule has 1 aromatic carbocycles. The third-order valence-corrected chi connectivity index (χ3v) is 2.86. The molecular formula is C13H13ClN4O. The van der Waals surface area contributed by atoms with Gasteiger partial charge in [0.25, 0.3) is 0 Å². The zero-order valence-corrected chi connectivity index (χ0v) is 10.8. The third-order valence-electron chi connectivity index (χ3n) is 2.56. The van der Waals surface area contributed by atoms with Crippen LogP contribution in [0.25, 0.3) is 0 Å². The van der Waals surface area contributed by atoms with Crippen LogP contribution in [-0.2, 0) is 11.2 Å². The average molecular weight is 277 g/mol. The highest BCUT2D eigenvalue weighted by molar-refractivity contribution is 6.32. The van der Waals surface area contributed by atoms with Crippen LogP contribution in [0.15, 0.2) is 42.9 Å². The van der Waals surface area contributed by atoms with Gasteiger partial charge in [0.05, 0.1) is 17.9 Å². The quantitative estimate of drug-likeness (QED) is 0.832. The maximum atomic E-state index is 11.9. The number of hydrogen-bond acceptors (Lipinski definition) is 4. The zero-order valence-electron chi connectivity index (χ0n) is 10.1. The Bertz CT molecular complexity index is 562. The number of benzene rings is 1. The minimum Gasteiger partial charge on any atom is -0.321 e. The van der Waals surface area contributed by atoms with Crippen LogP contribution in [0.1, 0.15) is 5.56 Å². The van der Waals surface area contributed by atoms with Gasteiger partial charge in [0.2, 0.25) is 5.91 Å². The summed E-state index contributed by atoms with van der Waals surface area (Å²) in [4.78, 5) is 19.5. The number of carbonyl (C=O) groups is 1. The van der Waals surface area contributed by atoms with Crippen LogP contribution in [0.3, 0.4) is 0 Å². The Kier molecular flexibility index (Phi) is 4.43. The number of aromatic nitrogens is 2. The first-order valence-corrected chi connectivity index (χ1v) is 6.10. The highest BCUT2D eigenvalue weighted by Gasteiger charge is 2.15. The van der Waals surface area contributed by atoms with Crippen molar-refractivity contribution in [3.63, 3.8) is 0 Å². The van der Waals surface area contributed by atoms with E-state index in [4.69, 9.17) is 17.3 Å². The van der Waals surface area contributed by atoms with E-state index in [0.29, 0.717) is 12.1 Å². The van der Waals surface area contributed by atoms with Crippen molar-refractivity contribution in [1.82, 2.24) is 9.97 Å². The lowest BCUT2D eigenvalue weighted by atomic mass is 10.1. The highest BCUT2D eigenvalue weighted by Crippen LogP contribution is 2.16. The molecule has 0 aliphatic carbocycles. The van der Waals surface area contributed by atoms with Crippen LogP contribution in [0.5, 0.6) is 0 Å². The fourth-order valence-corrected chi connectivity index (χ4v) is 1.72. The molecule has 1 unspecified atom stereocenters. The molecule has 2 rings (SSSR count). The van der Waals surface area contributed by atoms with Gasteiger partial charge in [-0.15, -0.1) is 0 Å². The van der Waals surface area contributed by atoms with Gasteiger partial charge in [0, 0.05) is 0 Å². The van der Waals surface area contributed by atoms with Crippen molar-refractivity contribution in [1.29, 1.82) is 0 Å². The van der Waals surface area contributed by atoms with E-state index < -0.39 is 6.04 Å². The Morgan fingerprint density at radius 3 is 2.79 bits per heavy atom. The van der Waals surface area contributed by atoms with E-state index in [1.807, 2.05) is 30.3 Å². The van der Waals surface area contributed by atoms with Crippen LogP contribution >= 0.6 is 11.6 Å². The van der Waals surface area contributed by atoms with Crippen molar-refractivity contribution >= 4 is 23.2 Å². The standard InChI is InChI=1S/C13H13ClN4O/c14-12-11(7-16-8-17-12)18-13(19)10(15)6-9-4-2-1-3-5-9/h1-5,7-8,10H,6,15H2,(H,18,19). The molecule has 1 aromatic heterocycles. The van der Waals surface area contributed by atoms with Gasteiger partial charge >= 0.3 is 0 Å². The van der Waals surface area contributed by atoms with Crippen molar-refractivity contribution in [2.45, 2.75) is 12.5 Å². The van der Waals surface area contributed by atoms with Crippen molar-refractivity contribution in [3.8, 4) is 0 Å². The van der Waals surface area contributed by atoms with E-state index in [0.717, 1.165) is 5.56 Å². The number of nitrogens with two attached hydrogens (primary N) is 1. The second-order valence-corrected chi connectivity index (χ2v) is 4.37. The number of halogens is 1. The zero-order chi connectivity index (χ0) is 13.7. The largest absolute Gasteiger partial charge is 0.321 e.